The SMILES string of the molecule is CC(C)c1nc2cccc(C(N)CO)c2s1. The van der Waals surface area contributed by atoms with Gasteiger partial charge < -0.3 is 10.8 Å². The van der Waals surface area contributed by atoms with Crippen molar-refractivity contribution in [3.05, 3.63) is 28.8 Å². The molecule has 0 amide bonds. The predicted octanol–water partition coefficient (Wildman–Crippen LogP) is 2.41. The molecule has 1 atom stereocenters. The fourth-order valence-corrected chi connectivity index (χ4v) is 2.77. The summed E-state index contributed by atoms with van der Waals surface area (Å²) in [6.07, 6.45) is 0. The molecule has 0 aliphatic rings. The third-order valence-corrected chi connectivity index (χ3v) is 3.97. The molecule has 0 saturated heterocycles. The van der Waals surface area contributed by atoms with E-state index in [-0.39, 0.29) is 12.6 Å². The van der Waals surface area contributed by atoms with Gasteiger partial charge in [-0.05, 0) is 11.6 Å². The second-order valence-corrected chi connectivity index (χ2v) is 5.22. The Kier molecular flexibility index (Phi) is 3.23. The van der Waals surface area contributed by atoms with E-state index in [1.807, 2.05) is 18.2 Å². The molecule has 86 valence electrons. The van der Waals surface area contributed by atoms with E-state index >= 15 is 0 Å². The molecule has 0 saturated carbocycles. The first-order chi connectivity index (χ1) is 7.63. The van der Waals surface area contributed by atoms with E-state index in [0.717, 1.165) is 20.8 Å². The van der Waals surface area contributed by atoms with Gasteiger partial charge in [-0.25, -0.2) is 4.98 Å². The van der Waals surface area contributed by atoms with Crippen molar-refractivity contribution in [2.75, 3.05) is 6.61 Å². The zero-order valence-electron chi connectivity index (χ0n) is 9.47. The minimum Gasteiger partial charge on any atom is -0.394 e. The highest BCUT2D eigenvalue weighted by molar-refractivity contribution is 7.18. The highest BCUT2D eigenvalue weighted by atomic mass is 32.1. The third kappa shape index (κ3) is 1.96. The fourth-order valence-electron chi connectivity index (χ4n) is 1.62. The van der Waals surface area contributed by atoms with Gasteiger partial charge in [0.2, 0.25) is 0 Å². The summed E-state index contributed by atoms with van der Waals surface area (Å²) < 4.78 is 1.10. The zero-order valence-corrected chi connectivity index (χ0v) is 10.3. The maximum absolute atomic E-state index is 9.12. The van der Waals surface area contributed by atoms with Crippen LogP contribution < -0.4 is 5.73 Å². The van der Waals surface area contributed by atoms with Crippen molar-refractivity contribution in [3.63, 3.8) is 0 Å². The Hall–Kier alpha value is -0.970. The fraction of sp³-hybridized carbons (Fsp3) is 0.417. The van der Waals surface area contributed by atoms with Crippen molar-refractivity contribution >= 4 is 21.6 Å². The van der Waals surface area contributed by atoms with Crippen LogP contribution in [-0.4, -0.2) is 16.7 Å². The normalized spacial score (nSPS) is 13.6. The van der Waals surface area contributed by atoms with Crippen LogP contribution in [0.25, 0.3) is 10.2 Å². The monoisotopic (exact) mass is 236 g/mol. The molecule has 1 aromatic heterocycles. The van der Waals surface area contributed by atoms with Crippen molar-refractivity contribution in [1.82, 2.24) is 4.98 Å². The minimum atomic E-state index is -0.316. The molecule has 1 unspecified atom stereocenters. The lowest BCUT2D eigenvalue weighted by Crippen LogP contribution is -2.14. The molecule has 0 spiro atoms. The van der Waals surface area contributed by atoms with E-state index in [1.165, 1.54) is 0 Å². The predicted molar refractivity (Wildman–Crippen MR) is 67.7 cm³/mol. The van der Waals surface area contributed by atoms with Gasteiger partial charge in [0.15, 0.2) is 0 Å². The molecule has 0 radical (unpaired) electrons. The standard InChI is InChI=1S/C12H16N2OS/c1-7(2)12-14-10-5-3-4-8(9(13)6-15)11(10)16-12/h3-5,7,9,15H,6,13H2,1-2H3. The number of rotatable bonds is 3. The van der Waals surface area contributed by atoms with Crippen LogP contribution in [0.4, 0.5) is 0 Å². The van der Waals surface area contributed by atoms with E-state index in [0.29, 0.717) is 5.92 Å². The lowest BCUT2D eigenvalue weighted by molar-refractivity contribution is 0.268. The van der Waals surface area contributed by atoms with E-state index in [2.05, 4.69) is 18.8 Å². The minimum absolute atomic E-state index is 0.0337. The van der Waals surface area contributed by atoms with Gasteiger partial charge in [0.1, 0.15) is 0 Å². The van der Waals surface area contributed by atoms with Gasteiger partial charge in [0.05, 0.1) is 27.9 Å². The molecule has 3 nitrogen and oxygen atoms in total. The number of aromatic nitrogens is 1. The van der Waals surface area contributed by atoms with E-state index < -0.39 is 0 Å². The maximum atomic E-state index is 9.12. The van der Waals surface area contributed by atoms with Crippen molar-refractivity contribution in [2.45, 2.75) is 25.8 Å². The number of nitrogens with two attached hydrogens (primary N) is 1. The molecule has 1 heterocycles. The zero-order chi connectivity index (χ0) is 11.7. The summed E-state index contributed by atoms with van der Waals surface area (Å²) in [6.45, 7) is 4.22. The number of aliphatic hydroxyl groups excluding tert-OH is 1. The van der Waals surface area contributed by atoms with Crippen LogP contribution in [0.15, 0.2) is 18.2 Å². The van der Waals surface area contributed by atoms with Crippen molar-refractivity contribution < 1.29 is 5.11 Å². The van der Waals surface area contributed by atoms with Crippen LogP contribution in [0.2, 0.25) is 0 Å². The average Bonchev–Trinajstić information content (AvgIpc) is 2.71. The summed E-state index contributed by atoms with van der Waals surface area (Å²) in [7, 11) is 0. The lowest BCUT2D eigenvalue weighted by Gasteiger charge is -2.08. The highest BCUT2D eigenvalue weighted by Crippen LogP contribution is 2.31. The van der Waals surface area contributed by atoms with Crippen LogP contribution in [0.1, 0.15) is 36.4 Å². The first-order valence-electron chi connectivity index (χ1n) is 5.39. The molecule has 2 rings (SSSR count). The molecule has 0 fully saturated rings. The quantitative estimate of drug-likeness (QED) is 0.860. The van der Waals surface area contributed by atoms with Gasteiger partial charge in [-0.15, -0.1) is 11.3 Å². The van der Waals surface area contributed by atoms with Crippen LogP contribution >= 0.6 is 11.3 Å². The highest BCUT2D eigenvalue weighted by Gasteiger charge is 2.13. The Labute approximate surface area is 98.9 Å². The molecular weight excluding hydrogens is 220 g/mol. The number of hydrogen-bond acceptors (Lipinski definition) is 4. The molecule has 1 aromatic carbocycles. The van der Waals surface area contributed by atoms with Crippen LogP contribution in [0.3, 0.4) is 0 Å². The molecule has 0 bridgehead atoms. The summed E-state index contributed by atoms with van der Waals surface area (Å²) in [6, 6.07) is 5.58. The van der Waals surface area contributed by atoms with Gasteiger partial charge in [-0.3, -0.25) is 0 Å². The number of nitrogens with zero attached hydrogens (tertiary/aromatic N) is 1. The number of benzene rings is 1. The summed E-state index contributed by atoms with van der Waals surface area (Å²) >= 11 is 1.67. The Balaban J connectivity index is 2.58. The van der Waals surface area contributed by atoms with E-state index in [4.69, 9.17) is 10.8 Å². The first-order valence-corrected chi connectivity index (χ1v) is 6.21. The summed E-state index contributed by atoms with van der Waals surface area (Å²) in [4.78, 5) is 4.57. The number of hydrogen-bond donors (Lipinski definition) is 2. The number of fused-ring (bicyclic) bond motifs is 1. The lowest BCUT2D eigenvalue weighted by atomic mass is 10.1. The van der Waals surface area contributed by atoms with E-state index in [9.17, 15) is 0 Å². The van der Waals surface area contributed by atoms with Crippen LogP contribution in [0.5, 0.6) is 0 Å². The molecule has 0 aliphatic heterocycles. The largest absolute Gasteiger partial charge is 0.394 e. The van der Waals surface area contributed by atoms with Gasteiger partial charge in [-0.1, -0.05) is 26.0 Å². The molecule has 0 aliphatic carbocycles. The van der Waals surface area contributed by atoms with Gasteiger partial charge in [-0.2, -0.15) is 0 Å². The van der Waals surface area contributed by atoms with Gasteiger partial charge in [0, 0.05) is 5.92 Å². The Morgan fingerprint density at radius 1 is 1.44 bits per heavy atom. The summed E-state index contributed by atoms with van der Waals surface area (Å²) in [5.41, 5.74) is 7.85. The maximum Gasteiger partial charge on any atom is 0.0964 e. The van der Waals surface area contributed by atoms with Crippen molar-refractivity contribution in [1.29, 1.82) is 0 Å². The Bertz CT molecular complexity index is 493. The van der Waals surface area contributed by atoms with Crippen LogP contribution in [-0.2, 0) is 0 Å². The second-order valence-electron chi connectivity index (χ2n) is 4.19. The first kappa shape index (κ1) is 11.5. The molecular formula is C12H16N2OS. The molecule has 3 N–H and O–H groups in total. The molecule has 2 aromatic rings. The van der Waals surface area contributed by atoms with Crippen LogP contribution in [0, 0.1) is 0 Å². The Morgan fingerprint density at radius 2 is 2.19 bits per heavy atom. The molecule has 16 heavy (non-hydrogen) atoms. The number of aliphatic hydroxyl groups is 1. The smallest absolute Gasteiger partial charge is 0.0964 e. The topological polar surface area (TPSA) is 59.1 Å². The molecule has 4 heteroatoms. The van der Waals surface area contributed by atoms with E-state index in [1.54, 1.807) is 11.3 Å². The summed E-state index contributed by atoms with van der Waals surface area (Å²) in [5, 5.41) is 10.2. The van der Waals surface area contributed by atoms with Gasteiger partial charge >= 0.3 is 0 Å². The third-order valence-electron chi connectivity index (χ3n) is 2.55. The van der Waals surface area contributed by atoms with Gasteiger partial charge in [0.25, 0.3) is 0 Å². The van der Waals surface area contributed by atoms with Crippen molar-refractivity contribution in [3.8, 4) is 0 Å². The number of thiazole rings is 1. The Morgan fingerprint density at radius 3 is 2.81 bits per heavy atom. The second kappa shape index (κ2) is 4.49. The van der Waals surface area contributed by atoms with Crippen molar-refractivity contribution in [2.24, 2.45) is 5.73 Å². The average molecular weight is 236 g/mol. The summed E-state index contributed by atoms with van der Waals surface area (Å²) in [5.74, 6) is 0.426.